The summed E-state index contributed by atoms with van der Waals surface area (Å²) in [5.41, 5.74) is 5.68. The lowest BCUT2D eigenvalue weighted by Crippen LogP contribution is -2.24. The van der Waals surface area contributed by atoms with E-state index in [1.54, 1.807) is 13.0 Å². The van der Waals surface area contributed by atoms with Crippen LogP contribution in [0.25, 0.3) is 0 Å². The Morgan fingerprint density at radius 1 is 1.37 bits per heavy atom. The molecule has 0 saturated heterocycles. The number of hydrogen-bond donors (Lipinski definition) is 3. The zero-order valence-electron chi connectivity index (χ0n) is 16.8. The van der Waals surface area contributed by atoms with Crippen LogP contribution in [0.2, 0.25) is 0 Å². The summed E-state index contributed by atoms with van der Waals surface area (Å²) in [5, 5.41) is 14.2. The molecule has 10 nitrogen and oxygen atoms in total. The van der Waals surface area contributed by atoms with Gasteiger partial charge >= 0.3 is 5.63 Å². The van der Waals surface area contributed by atoms with Gasteiger partial charge in [-0.25, -0.2) is 9.79 Å². The summed E-state index contributed by atoms with van der Waals surface area (Å²) >= 11 is 1.08. The highest BCUT2D eigenvalue weighted by Crippen LogP contribution is 2.28. The van der Waals surface area contributed by atoms with Crippen LogP contribution >= 0.6 is 11.3 Å². The second-order valence-corrected chi connectivity index (χ2v) is 7.74. The fourth-order valence-electron chi connectivity index (χ4n) is 3.16. The van der Waals surface area contributed by atoms with Crippen molar-refractivity contribution < 1.29 is 13.9 Å². The van der Waals surface area contributed by atoms with E-state index in [2.05, 4.69) is 25.8 Å². The number of nitrogens with two attached hydrogens (primary N) is 1. The minimum absolute atomic E-state index is 0.0492. The monoisotopic (exact) mass is 432 g/mol. The van der Waals surface area contributed by atoms with Crippen LogP contribution < -0.4 is 26.7 Å². The summed E-state index contributed by atoms with van der Waals surface area (Å²) in [7, 11) is 1.39. The summed E-state index contributed by atoms with van der Waals surface area (Å²) in [4.78, 5) is 29.1. The summed E-state index contributed by atoms with van der Waals surface area (Å²) in [6, 6.07) is 1.69. The molecule has 1 aliphatic rings. The van der Waals surface area contributed by atoms with Crippen LogP contribution in [-0.4, -0.2) is 35.0 Å². The zero-order valence-corrected chi connectivity index (χ0v) is 17.6. The molecule has 4 N–H and O–H groups in total. The summed E-state index contributed by atoms with van der Waals surface area (Å²) in [6.07, 6.45) is 8.43. The zero-order chi connectivity index (χ0) is 21.5. The molecule has 0 radical (unpaired) electrons. The fraction of sp³-hybridized carbons (Fsp3) is 0.421. The van der Waals surface area contributed by atoms with Crippen LogP contribution in [0, 0.1) is 0 Å². The van der Waals surface area contributed by atoms with Crippen LogP contribution in [0.4, 0.5) is 16.0 Å². The van der Waals surface area contributed by atoms with E-state index in [4.69, 9.17) is 14.9 Å². The van der Waals surface area contributed by atoms with Crippen molar-refractivity contribution in [1.82, 2.24) is 10.2 Å². The van der Waals surface area contributed by atoms with Gasteiger partial charge in [-0.15, -0.1) is 10.2 Å². The molecule has 2 heterocycles. The Morgan fingerprint density at radius 3 is 2.83 bits per heavy atom. The predicted octanol–water partition coefficient (Wildman–Crippen LogP) is 3.06. The number of methoxy groups -OCH3 is 1. The molecule has 2 aromatic heterocycles. The third-order valence-electron chi connectivity index (χ3n) is 4.55. The number of nitrogens with zero attached hydrogens (tertiary/aromatic N) is 3. The maximum Gasteiger partial charge on any atom is 0.381 e. The van der Waals surface area contributed by atoms with Gasteiger partial charge in [0, 0.05) is 17.8 Å². The molecule has 0 bridgehead atoms. The van der Waals surface area contributed by atoms with Crippen molar-refractivity contribution in [2.75, 3.05) is 17.7 Å². The number of ether oxygens (including phenoxy) is 1. The maximum absolute atomic E-state index is 12.6. The number of anilines is 2. The van der Waals surface area contributed by atoms with Crippen molar-refractivity contribution >= 4 is 38.9 Å². The summed E-state index contributed by atoms with van der Waals surface area (Å²) in [6.45, 7) is 1.76. The van der Waals surface area contributed by atoms with Gasteiger partial charge in [-0.1, -0.05) is 30.6 Å². The molecule has 2 aromatic rings. The van der Waals surface area contributed by atoms with Gasteiger partial charge in [-0.3, -0.25) is 10.1 Å². The normalized spacial score (nSPS) is 15.3. The molecular weight excluding hydrogens is 408 g/mol. The number of rotatable bonds is 7. The van der Waals surface area contributed by atoms with Gasteiger partial charge in [0.15, 0.2) is 5.76 Å². The van der Waals surface area contributed by atoms with Gasteiger partial charge in [-0.05, 0) is 32.0 Å². The maximum atomic E-state index is 12.6. The lowest BCUT2D eigenvalue weighted by molar-refractivity contribution is 0.0991. The van der Waals surface area contributed by atoms with Gasteiger partial charge in [0.2, 0.25) is 16.0 Å². The fourth-order valence-corrected chi connectivity index (χ4v) is 3.83. The smallest absolute Gasteiger partial charge is 0.381 e. The van der Waals surface area contributed by atoms with Gasteiger partial charge in [-0.2, -0.15) is 0 Å². The highest BCUT2D eigenvalue weighted by atomic mass is 32.1. The first-order valence-electron chi connectivity index (χ1n) is 9.57. The molecule has 30 heavy (non-hydrogen) atoms. The molecule has 0 atom stereocenters. The number of nitrogens with one attached hydrogen (secondary N) is 2. The van der Waals surface area contributed by atoms with Gasteiger partial charge in [0.05, 0.1) is 12.8 Å². The first-order chi connectivity index (χ1) is 14.5. The molecule has 160 valence electrons. The highest BCUT2D eigenvalue weighted by molar-refractivity contribution is 7.18. The second kappa shape index (κ2) is 10.0. The Bertz CT molecular complexity index is 1010. The topological polar surface area (TPSA) is 145 Å². The third kappa shape index (κ3) is 5.44. The van der Waals surface area contributed by atoms with Gasteiger partial charge in [0.25, 0.3) is 5.91 Å². The molecule has 0 aliphatic heterocycles. The number of aliphatic imine (C=N–C) groups is 1. The Balaban J connectivity index is 1.78. The quantitative estimate of drug-likeness (QED) is 0.566. The van der Waals surface area contributed by atoms with Crippen molar-refractivity contribution in [2.45, 2.75) is 45.1 Å². The molecule has 3 rings (SSSR count). The minimum Gasteiger partial charge on any atom is -0.488 e. The van der Waals surface area contributed by atoms with Crippen LogP contribution in [0.5, 0.6) is 5.75 Å². The van der Waals surface area contributed by atoms with E-state index >= 15 is 0 Å². The minimum atomic E-state index is -0.727. The van der Waals surface area contributed by atoms with Crippen molar-refractivity contribution in [3.05, 3.63) is 34.5 Å². The average molecular weight is 433 g/mol. The second-order valence-electron chi connectivity index (χ2n) is 6.78. The summed E-state index contributed by atoms with van der Waals surface area (Å²) in [5.74, 6) is -0.721. The lowest BCUT2D eigenvalue weighted by atomic mass is 9.95. The number of aromatic nitrogens is 2. The number of carbonyl (C=O) groups excluding carboxylic acids is 1. The average Bonchev–Trinajstić information content (AvgIpc) is 3.15. The molecule has 1 amide bonds. The molecule has 1 saturated carbocycles. The highest BCUT2D eigenvalue weighted by Gasteiger charge is 2.21. The molecule has 0 spiro atoms. The van der Waals surface area contributed by atoms with E-state index in [1.807, 2.05) is 0 Å². The van der Waals surface area contributed by atoms with Gasteiger partial charge in [0.1, 0.15) is 0 Å². The first kappa shape index (κ1) is 21.5. The van der Waals surface area contributed by atoms with Crippen molar-refractivity contribution in [3.8, 4) is 5.75 Å². The third-order valence-corrected chi connectivity index (χ3v) is 5.28. The molecule has 11 heteroatoms. The van der Waals surface area contributed by atoms with Crippen molar-refractivity contribution in [3.63, 3.8) is 0 Å². The van der Waals surface area contributed by atoms with Crippen LogP contribution in [0.15, 0.2) is 32.5 Å². The molecule has 0 aromatic carbocycles. The lowest BCUT2D eigenvalue weighted by Gasteiger charge is -2.24. The molecule has 0 unspecified atom stereocenters. The first-order valence-corrected chi connectivity index (χ1v) is 10.4. The number of allylic oxidation sites excluding steroid dienone is 1. The van der Waals surface area contributed by atoms with E-state index in [-0.39, 0.29) is 22.7 Å². The standard InChI is InChI=1S/C19H24N6O4S/c1-11(8-9-20)21-18-24-25-19(30-18)23-16(26)14-10-13(15(28-2)17(27)29-14)22-12-6-4-3-5-7-12/h8-10,12,22H,3-7,20H2,1-2H3,(H,23,25,26). The van der Waals surface area contributed by atoms with E-state index in [0.717, 1.165) is 37.0 Å². The summed E-state index contributed by atoms with van der Waals surface area (Å²) < 4.78 is 10.3. The molecule has 1 aliphatic carbocycles. The largest absolute Gasteiger partial charge is 0.488 e. The van der Waals surface area contributed by atoms with E-state index < -0.39 is 11.5 Å². The van der Waals surface area contributed by atoms with Crippen LogP contribution in [0.3, 0.4) is 0 Å². The van der Waals surface area contributed by atoms with Crippen molar-refractivity contribution in [2.24, 2.45) is 10.7 Å². The SMILES string of the molecule is COc1c(NC2CCCCC2)cc(C(=O)Nc2nnc(N=C(C)C=CN)s2)oc1=O. The van der Waals surface area contributed by atoms with Gasteiger partial charge < -0.3 is 20.2 Å². The Hall–Kier alpha value is -3.21. The number of amides is 1. The number of hydrogen-bond acceptors (Lipinski definition) is 10. The predicted molar refractivity (Wildman–Crippen MR) is 116 cm³/mol. The molecule has 1 fully saturated rings. The Kier molecular flexibility index (Phi) is 7.17. The molecular formula is C19H24N6O4S. The Morgan fingerprint density at radius 2 is 2.13 bits per heavy atom. The Labute approximate surface area is 177 Å². The van der Waals surface area contributed by atoms with Crippen LogP contribution in [-0.2, 0) is 0 Å². The van der Waals surface area contributed by atoms with E-state index in [1.165, 1.54) is 25.8 Å². The van der Waals surface area contributed by atoms with Crippen LogP contribution in [0.1, 0.15) is 49.6 Å². The van der Waals surface area contributed by atoms with Crippen molar-refractivity contribution in [1.29, 1.82) is 0 Å². The van der Waals surface area contributed by atoms with E-state index in [0.29, 0.717) is 16.5 Å². The number of carbonyl (C=O) groups is 1. The van der Waals surface area contributed by atoms with E-state index in [9.17, 15) is 9.59 Å².